The van der Waals surface area contributed by atoms with Crippen molar-refractivity contribution in [3.8, 4) is 0 Å². The first-order chi connectivity index (χ1) is 14.4. The zero-order valence-corrected chi connectivity index (χ0v) is 18.4. The van der Waals surface area contributed by atoms with Crippen molar-refractivity contribution in [2.45, 2.75) is 34.1 Å². The summed E-state index contributed by atoms with van der Waals surface area (Å²) in [5.74, 6) is -0.0281. The first-order valence-corrected chi connectivity index (χ1v) is 10.8. The summed E-state index contributed by atoms with van der Waals surface area (Å²) in [6.45, 7) is 13.9. The molecule has 1 amide bonds. The van der Waals surface area contributed by atoms with Crippen LogP contribution in [0.15, 0.2) is 41.0 Å². The van der Waals surface area contributed by atoms with E-state index in [1.54, 1.807) is 6.26 Å². The van der Waals surface area contributed by atoms with Crippen LogP contribution in [0.2, 0.25) is 0 Å². The van der Waals surface area contributed by atoms with Gasteiger partial charge in [-0.1, -0.05) is 6.92 Å². The van der Waals surface area contributed by atoms with Crippen LogP contribution in [-0.2, 0) is 11.2 Å². The van der Waals surface area contributed by atoms with Gasteiger partial charge >= 0.3 is 0 Å². The summed E-state index contributed by atoms with van der Waals surface area (Å²) in [6, 6.07) is 10.3. The molecule has 0 unspecified atom stereocenters. The molecule has 0 bridgehead atoms. The Morgan fingerprint density at radius 1 is 1.00 bits per heavy atom. The van der Waals surface area contributed by atoms with Crippen molar-refractivity contribution < 1.29 is 9.21 Å². The van der Waals surface area contributed by atoms with Crippen molar-refractivity contribution in [1.82, 2.24) is 4.90 Å². The summed E-state index contributed by atoms with van der Waals surface area (Å²) in [5.41, 5.74) is 7.45. The number of amides is 1. The van der Waals surface area contributed by atoms with E-state index in [-0.39, 0.29) is 5.91 Å². The monoisotopic (exact) mass is 405 g/mol. The molecule has 4 rings (SSSR count). The second-order valence-corrected chi connectivity index (χ2v) is 8.34. The van der Waals surface area contributed by atoms with Gasteiger partial charge in [-0.2, -0.15) is 0 Å². The number of fused-ring (bicyclic) bond motifs is 1. The van der Waals surface area contributed by atoms with Crippen molar-refractivity contribution in [2.24, 2.45) is 0 Å². The highest BCUT2D eigenvalue weighted by atomic mass is 16.3. The Labute approximate surface area is 178 Å². The molecule has 2 heterocycles. The van der Waals surface area contributed by atoms with Gasteiger partial charge in [-0.3, -0.25) is 4.79 Å². The van der Waals surface area contributed by atoms with E-state index in [1.807, 2.05) is 12.1 Å². The van der Waals surface area contributed by atoms with Crippen molar-refractivity contribution in [3.05, 3.63) is 58.8 Å². The molecule has 5 nitrogen and oxygen atoms in total. The van der Waals surface area contributed by atoms with Gasteiger partial charge in [-0.25, -0.2) is 0 Å². The van der Waals surface area contributed by atoms with Gasteiger partial charge in [0.15, 0.2) is 0 Å². The summed E-state index contributed by atoms with van der Waals surface area (Å²) in [6.07, 6.45) is 2.00. The zero-order valence-electron chi connectivity index (χ0n) is 18.4. The third kappa shape index (κ3) is 4.21. The Bertz CT molecular complexity index is 1060. The highest BCUT2D eigenvalue weighted by Gasteiger charge is 2.18. The number of nitrogens with zero attached hydrogens (tertiary/aromatic N) is 2. The summed E-state index contributed by atoms with van der Waals surface area (Å²) >= 11 is 0. The minimum absolute atomic E-state index is 0.0281. The number of hydrogen-bond donors (Lipinski definition) is 1. The maximum absolute atomic E-state index is 12.7. The van der Waals surface area contributed by atoms with Gasteiger partial charge in [0.05, 0.1) is 12.7 Å². The molecule has 1 aliphatic heterocycles. The second kappa shape index (κ2) is 8.52. The standard InChI is InChI=1S/C25H31N3O2/c1-5-27-8-10-28(11-9-27)23-7-6-21(12-19(23)4)26-25(29)15-20-16-30-24-14-18(3)17(2)13-22(20)24/h6-7,12-14,16H,5,8-11,15H2,1-4H3,(H,26,29). The minimum Gasteiger partial charge on any atom is -0.464 e. The third-order valence-electron chi connectivity index (χ3n) is 6.26. The predicted molar refractivity (Wildman–Crippen MR) is 124 cm³/mol. The number of aryl methyl sites for hydroxylation is 3. The maximum atomic E-state index is 12.7. The molecule has 158 valence electrons. The maximum Gasteiger partial charge on any atom is 0.228 e. The molecule has 0 spiro atoms. The second-order valence-electron chi connectivity index (χ2n) is 8.34. The lowest BCUT2D eigenvalue weighted by molar-refractivity contribution is -0.115. The number of furan rings is 1. The third-order valence-corrected chi connectivity index (χ3v) is 6.26. The molecule has 0 saturated carbocycles. The summed E-state index contributed by atoms with van der Waals surface area (Å²) in [5, 5.41) is 4.07. The van der Waals surface area contributed by atoms with Crippen LogP contribution in [-0.4, -0.2) is 43.5 Å². The molecule has 1 saturated heterocycles. The van der Waals surface area contributed by atoms with Crippen LogP contribution in [0.25, 0.3) is 11.0 Å². The van der Waals surface area contributed by atoms with Gasteiger partial charge in [0.1, 0.15) is 5.58 Å². The number of piperazine rings is 1. The first-order valence-electron chi connectivity index (χ1n) is 10.8. The van der Waals surface area contributed by atoms with Crippen LogP contribution in [0, 0.1) is 20.8 Å². The summed E-state index contributed by atoms with van der Waals surface area (Å²) in [7, 11) is 0. The molecule has 0 aliphatic carbocycles. The molecular formula is C25H31N3O2. The van der Waals surface area contributed by atoms with Crippen molar-refractivity contribution in [3.63, 3.8) is 0 Å². The highest BCUT2D eigenvalue weighted by Crippen LogP contribution is 2.27. The number of carbonyl (C=O) groups is 1. The van der Waals surface area contributed by atoms with Crippen molar-refractivity contribution in [2.75, 3.05) is 42.9 Å². The molecule has 30 heavy (non-hydrogen) atoms. The normalized spacial score (nSPS) is 15.0. The topological polar surface area (TPSA) is 48.7 Å². The molecule has 0 atom stereocenters. The fraction of sp³-hybridized carbons (Fsp3) is 0.400. The Hall–Kier alpha value is -2.79. The minimum atomic E-state index is -0.0281. The van der Waals surface area contributed by atoms with E-state index in [4.69, 9.17) is 4.42 Å². The fourth-order valence-corrected chi connectivity index (χ4v) is 4.24. The van der Waals surface area contributed by atoms with E-state index in [0.717, 1.165) is 54.9 Å². The van der Waals surface area contributed by atoms with Gasteiger partial charge in [-0.05, 0) is 74.3 Å². The average molecular weight is 406 g/mol. The number of nitrogens with one attached hydrogen (secondary N) is 1. The van der Waals surface area contributed by atoms with E-state index in [0.29, 0.717) is 6.42 Å². The van der Waals surface area contributed by atoms with Crippen molar-refractivity contribution in [1.29, 1.82) is 0 Å². The van der Waals surface area contributed by atoms with Crippen LogP contribution in [0.5, 0.6) is 0 Å². The van der Waals surface area contributed by atoms with E-state index in [2.05, 4.69) is 61.0 Å². The number of carbonyl (C=O) groups excluding carboxylic acids is 1. The van der Waals surface area contributed by atoms with Gasteiger partial charge in [-0.15, -0.1) is 0 Å². The van der Waals surface area contributed by atoms with E-state index in [9.17, 15) is 4.79 Å². The number of hydrogen-bond acceptors (Lipinski definition) is 4. The Balaban J connectivity index is 1.43. The Morgan fingerprint density at radius 2 is 1.73 bits per heavy atom. The molecular weight excluding hydrogens is 374 g/mol. The zero-order chi connectivity index (χ0) is 21.3. The molecule has 1 N–H and O–H groups in total. The largest absolute Gasteiger partial charge is 0.464 e. The van der Waals surface area contributed by atoms with Crippen LogP contribution in [0.1, 0.15) is 29.2 Å². The average Bonchev–Trinajstić information content (AvgIpc) is 3.10. The molecule has 1 aliphatic rings. The number of anilines is 2. The van der Waals surface area contributed by atoms with E-state index in [1.165, 1.54) is 22.4 Å². The van der Waals surface area contributed by atoms with Crippen molar-refractivity contribution >= 4 is 28.3 Å². The van der Waals surface area contributed by atoms with E-state index >= 15 is 0 Å². The molecule has 1 aromatic heterocycles. The van der Waals surface area contributed by atoms with Crippen LogP contribution < -0.4 is 10.2 Å². The quantitative estimate of drug-likeness (QED) is 0.670. The summed E-state index contributed by atoms with van der Waals surface area (Å²) in [4.78, 5) is 17.6. The number of likely N-dealkylation sites (N-methyl/N-ethyl adjacent to an activating group) is 1. The van der Waals surface area contributed by atoms with Crippen LogP contribution in [0.4, 0.5) is 11.4 Å². The smallest absolute Gasteiger partial charge is 0.228 e. The van der Waals surface area contributed by atoms with Gasteiger partial charge in [0, 0.05) is 48.5 Å². The van der Waals surface area contributed by atoms with E-state index < -0.39 is 0 Å². The molecule has 1 fully saturated rings. The Morgan fingerprint density at radius 3 is 2.43 bits per heavy atom. The van der Waals surface area contributed by atoms with Crippen LogP contribution >= 0.6 is 0 Å². The van der Waals surface area contributed by atoms with Gasteiger partial charge in [0.2, 0.25) is 5.91 Å². The molecule has 3 aromatic rings. The lowest BCUT2D eigenvalue weighted by Gasteiger charge is -2.36. The molecule has 5 heteroatoms. The van der Waals surface area contributed by atoms with Crippen LogP contribution in [0.3, 0.4) is 0 Å². The highest BCUT2D eigenvalue weighted by molar-refractivity contribution is 5.95. The lowest BCUT2D eigenvalue weighted by atomic mass is 10.0. The predicted octanol–water partition coefficient (Wildman–Crippen LogP) is 4.68. The summed E-state index contributed by atoms with van der Waals surface area (Å²) < 4.78 is 5.66. The Kier molecular flexibility index (Phi) is 5.82. The SMILES string of the molecule is CCN1CCN(c2ccc(NC(=O)Cc3coc4cc(C)c(C)cc34)cc2C)CC1. The van der Waals surface area contributed by atoms with Gasteiger partial charge in [0.25, 0.3) is 0 Å². The lowest BCUT2D eigenvalue weighted by Crippen LogP contribution is -2.46. The van der Waals surface area contributed by atoms with Gasteiger partial charge < -0.3 is 19.5 Å². The first kappa shape index (κ1) is 20.5. The fourth-order valence-electron chi connectivity index (χ4n) is 4.24. The number of rotatable bonds is 5. The number of benzene rings is 2. The molecule has 2 aromatic carbocycles. The molecule has 0 radical (unpaired) electrons.